The fraction of sp³-hybridized carbons (Fsp3) is 0.385. The van der Waals surface area contributed by atoms with Crippen LogP contribution >= 0.6 is 0 Å². The maximum absolute atomic E-state index is 13.6. The summed E-state index contributed by atoms with van der Waals surface area (Å²) in [5.41, 5.74) is 4.14. The van der Waals surface area contributed by atoms with Gasteiger partial charge in [0.05, 0.1) is 17.0 Å². The van der Waals surface area contributed by atoms with Gasteiger partial charge >= 0.3 is 0 Å². The molecule has 0 fully saturated rings. The molecule has 0 radical (unpaired) electrons. The third kappa shape index (κ3) is 3.73. The minimum Gasteiger partial charge on any atom is -0.369 e. The van der Waals surface area contributed by atoms with Crippen molar-refractivity contribution in [2.24, 2.45) is 11.1 Å². The number of carbonyl (C=O) groups excluding carboxylic acids is 1. The molecule has 1 aromatic rings. The van der Waals surface area contributed by atoms with Crippen molar-refractivity contribution < 1.29 is 13.6 Å². The first-order valence-corrected chi connectivity index (χ1v) is 5.66. The molecular formula is C13H15F2N3O. The average Bonchev–Trinajstić information content (AvgIpc) is 2.32. The van der Waals surface area contributed by atoms with E-state index in [2.05, 4.69) is 5.32 Å². The molecule has 1 rings (SSSR count). The summed E-state index contributed by atoms with van der Waals surface area (Å²) in [4.78, 5) is 11.1. The van der Waals surface area contributed by atoms with Gasteiger partial charge in [-0.2, -0.15) is 5.26 Å². The zero-order chi connectivity index (χ0) is 14.6. The van der Waals surface area contributed by atoms with Gasteiger partial charge in [0.15, 0.2) is 0 Å². The normalized spacial score (nSPS) is 11.1. The molecule has 0 saturated heterocycles. The smallest absolute Gasteiger partial charge is 0.224 e. The minimum absolute atomic E-state index is 0.0729. The van der Waals surface area contributed by atoms with Crippen LogP contribution < -0.4 is 11.1 Å². The summed E-state index contributed by atoms with van der Waals surface area (Å²) < 4.78 is 27.1. The first kappa shape index (κ1) is 15.1. The van der Waals surface area contributed by atoms with Gasteiger partial charge < -0.3 is 11.1 Å². The Morgan fingerprint density at radius 2 is 1.95 bits per heavy atom. The molecule has 1 aromatic carbocycles. The molecule has 1 amide bonds. The Labute approximate surface area is 110 Å². The van der Waals surface area contributed by atoms with Gasteiger partial charge in [-0.3, -0.25) is 4.79 Å². The summed E-state index contributed by atoms with van der Waals surface area (Å²) in [5, 5.41) is 11.3. The molecule has 0 aliphatic rings. The van der Waals surface area contributed by atoms with Crippen LogP contribution in [0.4, 0.5) is 8.78 Å². The second kappa shape index (κ2) is 5.76. The maximum atomic E-state index is 13.6. The number of carbonyl (C=O) groups is 1. The molecule has 0 unspecified atom stereocenters. The minimum atomic E-state index is -0.806. The van der Waals surface area contributed by atoms with E-state index in [0.29, 0.717) is 0 Å². The van der Waals surface area contributed by atoms with Crippen LogP contribution in [-0.4, -0.2) is 12.5 Å². The van der Waals surface area contributed by atoms with Crippen molar-refractivity contribution in [1.29, 1.82) is 5.26 Å². The highest BCUT2D eigenvalue weighted by atomic mass is 19.1. The van der Waals surface area contributed by atoms with Gasteiger partial charge in [-0.05, 0) is 26.0 Å². The van der Waals surface area contributed by atoms with Crippen LogP contribution in [0.3, 0.4) is 0 Å². The topological polar surface area (TPSA) is 78.9 Å². The van der Waals surface area contributed by atoms with Crippen molar-refractivity contribution in [2.75, 3.05) is 6.54 Å². The van der Waals surface area contributed by atoms with Crippen molar-refractivity contribution in [1.82, 2.24) is 5.32 Å². The quantitative estimate of drug-likeness (QED) is 0.847. The van der Waals surface area contributed by atoms with Gasteiger partial charge in [-0.25, -0.2) is 8.78 Å². The summed E-state index contributed by atoms with van der Waals surface area (Å²) in [6.45, 7) is 3.38. The van der Waals surface area contributed by atoms with Crippen molar-refractivity contribution in [3.05, 3.63) is 34.9 Å². The van der Waals surface area contributed by atoms with Crippen LogP contribution in [-0.2, 0) is 11.3 Å². The van der Waals surface area contributed by atoms with Crippen molar-refractivity contribution in [3.63, 3.8) is 0 Å². The molecular weight excluding hydrogens is 252 g/mol. The number of nitrogens with two attached hydrogens (primary N) is 1. The number of hydrogen-bond acceptors (Lipinski definition) is 3. The molecule has 0 aliphatic carbocycles. The van der Waals surface area contributed by atoms with Gasteiger partial charge in [0.1, 0.15) is 11.6 Å². The largest absolute Gasteiger partial charge is 0.369 e. The van der Waals surface area contributed by atoms with Gasteiger partial charge in [-0.1, -0.05) is 0 Å². The number of nitrogens with one attached hydrogen (secondary N) is 1. The van der Waals surface area contributed by atoms with E-state index in [1.807, 2.05) is 0 Å². The SMILES string of the molecule is CC(C)(CNCc1c(F)cc(C#N)cc1F)C(N)=O. The molecule has 19 heavy (non-hydrogen) atoms. The molecule has 0 spiro atoms. The highest BCUT2D eigenvalue weighted by Crippen LogP contribution is 2.16. The Kier molecular flexibility index (Phi) is 4.57. The summed E-state index contributed by atoms with van der Waals surface area (Å²) in [6.07, 6.45) is 0. The number of nitrogens with zero attached hydrogens (tertiary/aromatic N) is 1. The van der Waals surface area contributed by atoms with Crippen molar-refractivity contribution in [2.45, 2.75) is 20.4 Å². The second-order valence-electron chi connectivity index (χ2n) is 4.88. The summed E-state index contributed by atoms with van der Waals surface area (Å²) >= 11 is 0. The third-order valence-corrected chi connectivity index (χ3v) is 2.81. The fourth-order valence-electron chi connectivity index (χ4n) is 1.42. The van der Waals surface area contributed by atoms with Crippen molar-refractivity contribution in [3.8, 4) is 6.07 Å². The second-order valence-corrected chi connectivity index (χ2v) is 4.88. The van der Waals surface area contributed by atoms with Crippen LogP contribution in [0, 0.1) is 28.4 Å². The molecule has 0 aromatic heterocycles. The lowest BCUT2D eigenvalue weighted by molar-refractivity contribution is -0.125. The predicted molar refractivity (Wildman–Crippen MR) is 65.8 cm³/mol. The Morgan fingerprint density at radius 3 is 2.37 bits per heavy atom. The Hall–Kier alpha value is -2.00. The highest BCUT2D eigenvalue weighted by molar-refractivity contribution is 5.80. The molecule has 0 aliphatic heterocycles. The van der Waals surface area contributed by atoms with Crippen LogP contribution in [0.1, 0.15) is 25.0 Å². The monoisotopic (exact) mass is 267 g/mol. The third-order valence-electron chi connectivity index (χ3n) is 2.81. The first-order chi connectivity index (χ1) is 8.77. The van der Waals surface area contributed by atoms with Gasteiger partial charge in [0.25, 0.3) is 0 Å². The number of rotatable bonds is 5. The fourth-order valence-corrected chi connectivity index (χ4v) is 1.42. The Bertz CT molecular complexity index is 512. The zero-order valence-electron chi connectivity index (χ0n) is 10.8. The van der Waals surface area contributed by atoms with E-state index in [9.17, 15) is 13.6 Å². The molecule has 0 bridgehead atoms. The predicted octanol–water partition coefficient (Wildman–Crippen LogP) is 1.44. The number of halogens is 2. The summed E-state index contributed by atoms with van der Waals surface area (Å²) in [6, 6.07) is 3.61. The Balaban J connectivity index is 2.75. The van der Waals surface area contributed by atoms with E-state index >= 15 is 0 Å². The lowest BCUT2D eigenvalue weighted by Gasteiger charge is -2.21. The van der Waals surface area contributed by atoms with Crippen LogP contribution in [0.2, 0.25) is 0 Å². The van der Waals surface area contributed by atoms with Gasteiger partial charge in [0, 0.05) is 18.7 Å². The Morgan fingerprint density at radius 1 is 1.42 bits per heavy atom. The number of benzene rings is 1. The number of nitriles is 1. The van der Waals surface area contributed by atoms with Crippen LogP contribution in [0.25, 0.3) is 0 Å². The molecule has 3 N–H and O–H groups in total. The lowest BCUT2D eigenvalue weighted by Crippen LogP contribution is -2.40. The van der Waals surface area contributed by atoms with Crippen molar-refractivity contribution >= 4 is 5.91 Å². The molecule has 102 valence electrons. The maximum Gasteiger partial charge on any atom is 0.224 e. The molecule has 0 heterocycles. The van der Waals surface area contributed by atoms with Crippen LogP contribution in [0.15, 0.2) is 12.1 Å². The zero-order valence-corrected chi connectivity index (χ0v) is 10.8. The number of primary amides is 1. The van der Waals surface area contributed by atoms with Gasteiger partial charge in [-0.15, -0.1) is 0 Å². The molecule has 0 atom stereocenters. The molecule has 6 heteroatoms. The molecule has 0 saturated carbocycles. The highest BCUT2D eigenvalue weighted by Gasteiger charge is 2.24. The van der Waals surface area contributed by atoms with Crippen LogP contribution in [0.5, 0.6) is 0 Å². The standard InChI is InChI=1S/C13H15F2N3O/c1-13(2,12(17)19)7-18-6-9-10(14)3-8(5-16)4-11(9)15/h3-4,18H,6-7H2,1-2H3,(H2,17,19). The van der Waals surface area contributed by atoms with Gasteiger partial charge in [0.2, 0.25) is 5.91 Å². The number of amides is 1. The average molecular weight is 267 g/mol. The van der Waals surface area contributed by atoms with E-state index in [1.54, 1.807) is 19.9 Å². The number of hydrogen-bond donors (Lipinski definition) is 2. The molecule has 4 nitrogen and oxygen atoms in total. The lowest BCUT2D eigenvalue weighted by atomic mass is 9.92. The summed E-state index contributed by atoms with van der Waals surface area (Å²) in [5.74, 6) is -2.08. The summed E-state index contributed by atoms with van der Waals surface area (Å²) in [7, 11) is 0. The van der Waals surface area contributed by atoms with E-state index in [1.165, 1.54) is 0 Å². The van der Waals surface area contributed by atoms with E-state index in [0.717, 1.165) is 12.1 Å². The van der Waals surface area contributed by atoms with E-state index in [4.69, 9.17) is 11.0 Å². The van der Waals surface area contributed by atoms with E-state index < -0.39 is 23.0 Å². The first-order valence-electron chi connectivity index (χ1n) is 5.66. The van der Waals surface area contributed by atoms with E-state index in [-0.39, 0.29) is 24.2 Å².